The zero-order valence-electron chi connectivity index (χ0n) is 5.56. The molecule has 10 heavy (non-hydrogen) atoms. The summed E-state index contributed by atoms with van der Waals surface area (Å²) >= 11 is 5.13. The lowest BCUT2D eigenvalue weighted by atomic mass is 10.3. The van der Waals surface area contributed by atoms with E-state index in [2.05, 4.69) is 10.3 Å². The van der Waals surface area contributed by atoms with Crippen LogP contribution >= 0.6 is 11.6 Å². The lowest BCUT2D eigenvalue weighted by Crippen LogP contribution is -2.18. The first-order valence-electron chi connectivity index (χ1n) is 3.24. The van der Waals surface area contributed by atoms with Gasteiger partial charge in [-0.05, 0) is 11.6 Å². The molecular weight excluding hydrogens is 152 g/mol. The minimum Gasteiger partial charge on any atom is -0.372 e. The number of hydrogen-bond acceptors (Lipinski definition) is 3. The monoisotopic (exact) mass is 160 g/mol. The quantitative estimate of drug-likeness (QED) is 0.613. The van der Waals surface area contributed by atoms with Gasteiger partial charge in [0.05, 0.1) is 12.4 Å². The van der Waals surface area contributed by atoms with Gasteiger partial charge in [-0.2, -0.15) is 0 Å². The highest BCUT2D eigenvalue weighted by molar-refractivity contribution is 6.63. The molecule has 4 heteroatoms. The third-order valence-electron chi connectivity index (χ3n) is 1.30. The van der Waals surface area contributed by atoms with Gasteiger partial charge in [0.15, 0.2) is 0 Å². The fourth-order valence-corrected chi connectivity index (χ4v) is 0.926. The average molecular weight is 161 g/mol. The summed E-state index contributed by atoms with van der Waals surface area (Å²) in [5.74, 6) is 0.911. The molecule has 0 aliphatic carbocycles. The molecule has 0 saturated heterocycles. The zero-order valence-corrected chi connectivity index (χ0v) is 6.32. The van der Waals surface area contributed by atoms with E-state index < -0.39 is 0 Å². The summed E-state index contributed by atoms with van der Waals surface area (Å²) in [6.45, 7) is 1.72. The molecule has 3 nitrogen and oxygen atoms in total. The Hall–Kier alpha value is -0.570. The number of amidine groups is 1. The molecule has 0 radical (unpaired) electrons. The normalized spacial score (nSPS) is 16.3. The number of hydrogen-bond donors (Lipinski definition) is 1. The molecule has 1 aliphatic rings. The maximum absolute atomic E-state index is 10.3. The maximum atomic E-state index is 10.3. The van der Waals surface area contributed by atoms with Crippen molar-refractivity contribution in [2.45, 2.75) is 12.8 Å². The molecule has 0 amide bonds. The van der Waals surface area contributed by atoms with Crippen LogP contribution in [0.15, 0.2) is 4.99 Å². The van der Waals surface area contributed by atoms with Gasteiger partial charge in [0.1, 0.15) is 0 Å². The Labute approximate surface area is 64.5 Å². The van der Waals surface area contributed by atoms with Gasteiger partial charge in [-0.25, -0.2) is 0 Å². The second-order valence-electron chi connectivity index (χ2n) is 2.11. The van der Waals surface area contributed by atoms with Crippen LogP contribution in [-0.4, -0.2) is 24.2 Å². The summed E-state index contributed by atoms with van der Waals surface area (Å²) in [4.78, 5) is 14.4. The van der Waals surface area contributed by atoms with Crippen molar-refractivity contribution in [1.82, 2.24) is 5.32 Å². The molecule has 0 aromatic rings. The van der Waals surface area contributed by atoms with Gasteiger partial charge in [-0.3, -0.25) is 9.79 Å². The number of nitrogens with one attached hydrogen (secondary N) is 1. The number of rotatable bonds is 3. The zero-order chi connectivity index (χ0) is 7.40. The molecule has 56 valence electrons. The van der Waals surface area contributed by atoms with Crippen molar-refractivity contribution >= 4 is 22.7 Å². The number of nitrogens with zero attached hydrogens (tertiary/aromatic N) is 1. The first-order chi connectivity index (χ1) is 4.79. The Morgan fingerprint density at radius 2 is 2.60 bits per heavy atom. The van der Waals surface area contributed by atoms with Crippen LogP contribution < -0.4 is 5.32 Å². The summed E-state index contributed by atoms with van der Waals surface area (Å²) in [6, 6.07) is 0. The van der Waals surface area contributed by atoms with Crippen LogP contribution in [0.1, 0.15) is 12.8 Å². The first-order valence-corrected chi connectivity index (χ1v) is 3.62. The average Bonchev–Trinajstić information content (AvgIpc) is 2.34. The van der Waals surface area contributed by atoms with E-state index in [1.54, 1.807) is 0 Å². The van der Waals surface area contributed by atoms with Crippen molar-refractivity contribution in [3.8, 4) is 0 Å². The van der Waals surface area contributed by atoms with Gasteiger partial charge in [-0.1, -0.05) is 0 Å². The fraction of sp³-hybridized carbons (Fsp3) is 0.667. The molecule has 0 atom stereocenters. The van der Waals surface area contributed by atoms with Gasteiger partial charge in [0.2, 0.25) is 5.24 Å². The van der Waals surface area contributed by atoms with Crippen LogP contribution in [0.5, 0.6) is 0 Å². The summed E-state index contributed by atoms with van der Waals surface area (Å²) in [6.07, 6.45) is 1.04. The second-order valence-corrected chi connectivity index (χ2v) is 2.53. The summed E-state index contributed by atoms with van der Waals surface area (Å²) in [7, 11) is 0. The molecule has 1 rings (SSSR count). The Balaban J connectivity index is 2.19. The number of carbonyl (C=O) groups is 1. The largest absolute Gasteiger partial charge is 0.372 e. The van der Waals surface area contributed by atoms with Crippen LogP contribution in [-0.2, 0) is 4.79 Å². The fourth-order valence-electron chi connectivity index (χ4n) is 0.831. The smallest absolute Gasteiger partial charge is 0.222 e. The highest BCUT2D eigenvalue weighted by Crippen LogP contribution is 1.98. The van der Waals surface area contributed by atoms with Crippen molar-refractivity contribution in [2.24, 2.45) is 4.99 Å². The minimum atomic E-state index is -0.295. The summed E-state index contributed by atoms with van der Waals surface area (Å²) in [5, 5.41) is 2.76. The molecule has 0 unspecified atom stereocenters. The van der Waals surface area contributed by atoms with Gasteiger partial charge in [0, 0.05) is 19.4 Å². The van der Waals surface area contributed by atoms with E-state index in [0.29, 0.717) is 12.8 Å². The molecule has 1 N–H and O–H groups in total. The lowest BCUT2D eigenvalue weighted by molar-refractivity contribution is -0.111. The van der Waals surface area contributed by atoms with Gasteiger partial charge in [0.25, 0.3) is 0 Å². The first kappa shape index (κ1) is 7.54. The Kier molecular flexibility index (Phi) is 2.68. The molecule has 0 saturated carbocycles. The van der Waals surface area contributed by atoms with Gasteiger partial charge >= 0.3 is 0 Å². The summed E-state index contributed by atoms with van der Waals surface area (Å²) < 4.78 is 0. The van der Waals surface area contributed by atoms with E-state index >= 15 is 0 Å². The molecule has 0 fully saturated rings. The topological polar surface area (TPSA) is 41.5 Å². The Morgan fingerprint density at radius 1 is 1.80 bits per heavy atom. The van der Waals surface area contributed by atoms with E-state index in [1.807, 2.05) is 0 Å². The third kappa shape index (κ3) is 2.35. The Bertz CT molecular complexity index is 167. The summed E-state index contributed by atoms with van der Waals surface area (Å²) in [5.41, 5.74) is 0. The number of carbonyl (C=O) groups excluding carboxylic acids is 1. The van der Waals surface area contributed by atoms with E-state index in [9.17, 15) is 4.79 Å². The maximum Gasteiger partial charge on any atom is 0.222 e. The molecule has 0 spiro atoms. The number of aliphatic imine (C=N–C) groups is 1. The standard InChI is InChI=1S/C6H9ClN2O/c7-5(10)1-2-6-8-3-4-9-6/h1-4H2,(H,8,9). The highest BCUT2D eigenvalue weighted by atomic mass is 35.5. The van der Waals surface area contributed by atoms with Crippen molar-refractivity contribution in [3.63, 3.8) is 0 Å². The molecule has 0 bridgehead atoms. The van der Waals surface area contributed by atoms with Crippen LogP contribution in [0.3, 0.4) is 0 Å². The van der Waals surface area contributed by atoms with Crippen molar-refractivity contribution in [2.75, 3.05) is 13.1 Å². The van der Waals surface area contributed by atoms with E-state index in [1.165, 1.54) is 0 Å². The van der Waals surface area contributed by atoms with Crippen molar-refractivity contribution in [1.29, 1.82) is 0 Å². The molecular formula is C6H9ClN2O. The number of halogens is 1. The van der Waals surface area contributed by atoms with Crippen LogP contribution in [0, 0.1) is 0 Å². The Morgan fingerprint density at radius 3 is 3.10 bits per heavy atom. The SMILES string of the molecule is O=C(Cl)CCC1=NCCN1. The predicted molar refractivity (Wildman–Crippen MR) is 40.4 cm³/mol. The van der Waals surface area contributed by atoms with Gasteiger partial charge in [-0.15, -0.1) is 0 Å². The van der Waals surface area contributed by atoms with E-state index in [-0.39, 0.29) is 5.24 Å². The van der Waals surface area contributed by atoms with E-state index in [0.717, 1.165) is 18.9 Å². The van der Waals surface area contributed by atoms with Crippen molar-refractivity contribution < 1.29 is 4.79 Å². The highest BCUT2D eigenvalue weighted by Gasteiger charge is 2.05. The van der Waals surface area contributed by atoms with Crippen molar-refractivity contribution in [3.05, 3.63) is 0 Å². The molecule has 1 heterocycles. The predicted octanol–water partition coefficient (Wildman–Crippen LogP) is 0.534. The minimum absolute atomic E-state index is 0.295. The molecule has 0 aromatic carbocycles. The van der Waals surface area contributed by atoms with Gasteiger partial charge < -0.3 is 5.32 Å². The lowest BCUT2D eigenvalue weighted by Gasteiger charge is -1.96. The van der Waals surface area contributed by atoms with E-state index in [4.69, 9.17) is 11.6 Å². The van der Waals surface area contributed by atoms with Crippen LogP contribution in [0.4, 0.5) is 0 Å². The third-order valence-corrected chi connectivity index (χ3v) is 1.49. The van der Waals surface area contributed by atoms with Crippen LogP contribution in [0.25, 0.3) is 0 Å². The molecule has 1 aliphatic heterocycles. The molecule has 0 aromatic heterocycles. The second kappa shape index (κ2) is 3.56. The van der Waals surface area contributed by atoms with Crippen LogP contribution in [0.2, 0.25) is 0 Å².